The van der Waals surface area contributed by atoms with Gasteiger partial charge in [0.05, 0.1) is 22.6 Å². The number of amides is 2. The maximum absolute atomic E-state index is 12.6. The van der Waals surface area contributed by atoms with Crippen LogP contribution in [0.3, 0.4) is 0 Å². The summed E-state index contributed by atoms with van der Waals surface area (Å²) in [5.41, 5.74) is 1.82. The van der Waals surface area contributed by atoms with Gasteiger partial charge in [0.1, 0.15) is 0 Å². The summed E-state index contributed by atoms with van der Waals surface area (Å²) in [5, 5.41) is 16.6. The van der Waals surface area contributed by atoms with Crippen molar-refractivity contribution < 1.29 is 14.5 Å². The molecule has 0 aliphatic rings. The van der Waals surface area contributed by atoms with Crippen LogP contribution >= 0.6 is 0 Å². The third kappa shape index (κ3) is 5.26. The molecule has 2 N–H and O–H groups in total. The minimum Gasteiger partial charge on any atom is -0.348 e. The van der Waals surface area contributed by atoms with E-state index in [9.17, 15) is 19.7 Å². The number of nitrogens with one attached hydrogen (secondary N) is 2. The van der Waals surface area contributed by atoms with Gasteiger partial charge >= 0.3 is 0 Å². The first-order valence-corrected chi connectivity index (χ1v) is 8.98. The number of anilines is 1. The van der Waals surface area contributed by atoms with Gasteiger partial charge < -0.3 is 10.6 Å². The van der Waals surface area contributed by atoms with Crippen LogP contribution in [-0.2, 0) is 17.8 Å². The summed E-state index contributed by atoms with van der Waals surface area (Å²) in [6.07, 6.45) is -0.170. The van der Waals surface area contributed by atoms with Crippen LogP contribution in [0.15, 0.2) is 78.9 Å². The lowest BCUT2D eigenvalue weighted by Gasteiger charge is -2.12. The van der Waals surface area contributed by atoms with Gasteiger partial charge in [-0.3, -0.25) is 19.7 Å². The predicted molar refractivity (Wildman–Crippen MR) is 109 cm³/mol. The summed E-state index contributed by atoms with van der Waals surface area (Å²) in [6.45, 7) is 0.359. The van der Waals surface area contributed by atoms with Crippen LogP contribution < -0.4 is 10.6 Å². The van der Waals surface area contributed by atoms with Gasteiger partial charge in [0.2, 0.25) is 5.91 Å². The number of para-hydroxylation sites is 2. The minimum absolute atomic E-state index is 0.114. The lowest BCUT2D eigenvalue weighted by molar-refractivity contribution is -0.385. The van der Waals surface area contributed by atoms with Crippen molar-refractivity contribution in [2.45, 2.75) is 13.0 Å². The van der Waals surface area contributed by atoms with E-state index in [2.05, 4.69) is 10.6 Å². The Bertz CT molecular complexity index is 1030. The number of hydrogen-bond donors (Lipinski definition) is 2. The average molecular weight is 389 g/mol. The normalized spacial score (nSPS) is 10.2. The van der Waals surface area contributed by atoms with Crippen LogP contribution in [0.5, 0.6) is 0 Å². The molecule has 0 spiro atoms. The van der Waals surface area contributed by atoms with Crippen LogP contribution in [0.4, 0.5) is 11.4 Å². The van der Waals surface area contributed by atoms with Crippen molar-refractivity contribution in [1.82, 2.24) is 5.32 Å². The Morgan fingerprint density at radius 2 is 1.52 bits per heavy atom. The molecule has 0 bridgehead atoms. The van der Waals surface area contributed by atoms with Crippen LogP contribution in [0.2, 0.25) is 0 Å². The van der Waals surface area contributed by atoms with E-state index in [1.807, 2.05) is 30.3 Å². The fourth-order valence-corrected chi connectivity index (χ4v) is 2.87. The van der Waals surface area contributed by atoms with E-state index in [1.165, 1.54) is 12.1 Å². The molecule has 0 fully saturated rings. The van der Waals surface area contributed by atoms with Crippen molar-refractivity contribution in [1.29, 1.82) is 0 Å². The molecule has 146 valence electrons. The Morgan fingerprint density at radius 1 is 0.862 bits per heavy atom. The van der Waals surface area contributed by atoms with Gasteiger partial charge in [-0.25, -0.2) is 0 Å². The van der Waals surface area contributed by atoms with Crippen molar-refractivity contribution in [3.8, 4) is 0 Å². The van der Waals surface area contributed by atoms with Gasteiger partial charge in [-0.1, -0.05) is 60.7 Å². The van der Waals surface area contributed by atoms with Crippen LogP contribution in [0.1, 0.15) is 21.5 Å². The molecule has 0 heterocycles. The summed E-state index contributed by atoms with van der Waals surface area (Å²) in [4.78, 5) is 35.6. The van der Waals surface area contributed by atoms with Crippen molar-refractivity contribution >= 4 is 23.2 Å². The molecular weight excluding hydrogens is 370 g/mol. The van der Waals surface area contributed by atoms with Crippen molar-refractivity contribution in [2.75, 3.05) is 5.32 Å². The standard InChI is InChI=1S/C22H19N3O4/c26-21(14-17-10-4-7-13-20(17)25(28)29)24-19-12-6-5-11-18(19)22(27)23-15-16-8-2-1-3-9-16/h1-13H,14-15H2,(H,23,27)(H,24,26). The number of nitro groups is 1. The third-order valence-electron chi connectivity index (χ3n) is 4.28. The zero-order valence-corrected chi connectivity index (χ0v) is 15.5. The van der Waals surface area contributed by atoms with E-state index in [-0.39, 0.29) is 18.0 Å². The van der Waals surface area contributed by atoms with Crippen LogP contribution in [0.25, 0.3) is 0 Å². The molecule has 0 unspecified atom stereocenters. The topological polar surface area (TPSA) is 101 Å². The van der Waals surface area contributed by atoms with Gasteiger partial charge in [-0.05, 0) is 17.7 Å². The van der Waals surface area contributed by atoms with E-state index >= 15 is 0 Å². The van der Waals surface area contributed by atoms with Crippen LogP contribution in [0, 0.1) is 10.1 Å². The van der Waals surface area contributed by atoms with E-state index in [0.29, 0.717) is 23.4 Å². The van der Waals surface area contributed by atoms with Crippen LogP contribution in [-0.4, -0.2) is 16.7 Å². The zero-order chi connectivity index (χ0) is 20.6. The number of carbonyl (C=O) groups excluding carboxylic acids is 2. The fraction of sp³-hybridized carbons (Fsp3) is 0.0909. The highest BCUT2D eigenvalue weighted by Crippen LogP contribution is 2.20. The summed E-state index contributed by atoms with van der Waals surface area (Å²) in [7, 11) is 0. The molecule has 0 atom stereocenters. The molecular formula is C22H19N3O4. The van der Waals surface area contributed by atoms with E-state index in [0.717, 1.165) is 5.56 Å². The van der Waals surface area contributed by atoms with Gasteiger partial charge in [-0.15, -0.1) is 0 Å². The molecule has 7 nitrogen and oxygen atoms in total. The highest BCUT2D eigenvalue weighted by molar-refractivity contribution is 6.04. The Hall–Kier alpha value is -4.00. The number of nitro benzene ring substituents is 1. The highest BCUT2D eigenvalue weighted by Gasteiger charge is 2.17. The third-order valence-corrected chi connectivity index (χ3v) is 4.28. The lowest BCUT2D eigenvalue weighted by atomic mass is 10.1. The fourth-order valence-electron chi connectivity index (χ4n) is 2.87. The Labute approximate surface area is 167 Å². The predicted octanol–water partition coefficient (Wildman–Crippen LogP) is 3.71. The number of carbonyl (C=O) groups is 2. The lowest BCUT2D eigenvalue weighted by Crippen LogP contribution is -2.25. The van der Waals surface area contributed by atoms with E-state index in [1.54, 1.807) is 36.4 Å². The Balaban J connectivity index is 1.69. The molecule has 0 radical (unpaired) electrons. The van der Waals surface area contributed by atoms with Crippen molar-refractivity contribution in [3.63, 3.8) is 0 Å². The molecule has 2 amide bonds. The second-order valence-corrected chi connectivity index (χ2v) is 6.32. The summed E-state index contributed by atoms with van der Waals surface area (Å²) < 4.78 is 0. The van der Waals surface area contributed by atoms with Crippen molar-refractivity contribution in [2.24, 2.45) is 0 Å². The molecule has 3 rings (SSSR count). The van der Waals surface area contributed by atoms with Gasteiger partial charge in [0.15, 0.2) is 0 Å². The maximum atomic E-state index is 12.6. The highest BCUT2D eigenvalue weighted by atomic mass is 16.6. The van der Waals surface area contributed by atoms with Crippen molar-refractivity contribution in [3.05, 3.63) is 106 Å². The largest absolute Gasteiger partial charge is 0.348 e. The molecule has 0 aliphatic carbocycles. The quantitative estimate of drug-likeness (QED) is 0.475. The molecule has 0 saturated heterocycles. The smallest absolute Gasteiger partial charge is 0.273 e. The number of hydrogen-bond acceptors (Lipinski definition) is 4. The van der Waals surface area contributed by atoms with E-state index in [4.69, 9.17) is 0 Å². The van der Waals surface area contributed by atoms with Gasteiger partial charge in [0, 0.05) is 18.2 Å². The SMILES string of the molecule is O=C(Cc1ccccc1[N+](=O)[O-])Nc1ccccc1C(=O)NCc1ccccc1. The first-order chi connectivity index (χ1) is 14.0. The monoisotopic (exact) mass is 389 g/mol. The molecule has 0 aromatic heterocycles. The number of nitrogens with zero attached hydrogens (tertiary/aromatic N) is 1. The summed E-state index contributed by atoms with van der Waals surface area (Å²) in [5.74, 6) is -0.766. The second kappa shape index (κ2) is 9.27. The molecule has 0 saturated carbocycles. The summed E-state index contributed by atoms with van der Waals surface area (Å²) in [6, 6.07) is 22.2. The molecule has 29 heavy (non-hydrogen) atoms. The Kier molecular flexibility index (Phi) is 6.32. The maximum Gasteiger partial charge on any atom is 0.273 e. The first kappa shape index (κ1) is 19.8. The first-order valence-electron chi connectivity index (χ1n) is 8.98. The van der Waals surface area contributed by atoms with Gasteiger partial charge in [0.25, 0.3) is 11.6 Å². The number of rotatable bonds is 7. The van der Waals surface area contributed by atoms with E-state index < -0.39 is 10.8 Å². The molecule has 0 aliphatic heterocycles. The molecule has 3 aromatic rings. The molecule has 3 aromatic carbocycles. The zero-order valence-electron chi connectivity index (χ0n) is 15.5. The average Bonchev–Trinajstić information content (AvgIpc) is 2.73. The summed E-state index contributed by atoms with van der Waals surface area (Å²) >= 11 is 0. The molecule has 7 heteroatoms. The second-order valence-electron chi connectivity index (χ2n) is 6.32. The van der Waals surface area contributed by atoms with Gasteiger partial charge in [-0.2, -0.15) is 0 Å². The Morgan fingerprint density at radius 3 is 2.28 bits per heavy atom. The number of benzene rings is 3. The minimum atomic E-state index is -0.520.